The van der Waals surface area contributed by atoms with Gasteiger partial charge in [-0.2, -0.15) is 13.2 Å². The zero-order chi connectivity index (χ0) is 18.4. The fourth-order valence-corrected chi connectivity index (χ4v) is 2.03. The number of hydrogen-bond donors (Lipinski definition) is 2. The molecule has 0 aliphatic rings. The number of ether oxygens (including phenoxy) is 1. The molecule has 0 unspecified atom stereocenters. The van der Waals surface area contributed by atoms with Crippen LogP contribution in [0.5, 0.6) is 0 Å². The first-order chi connectivity index (χ1) is 11.8. The predicted molar refractivity (Wildman–Crippen MR) is 81.6 cm³/mol. The van der Waals surface area contributed by atoms with Crippen LogP contribution in [-0.2, 0) is 22.3 Å². The van der Waals surface area contributed by atoms with Crippen molar-refractivity contribution in [2.24, 2.45) is 0 Å². The molecule has 0 heterocycles. The number of carbonyl (C=O) groups is 2. The molecule has 132 valence electrons. The second kappa shape index (κ2) is 7.69. The van der Waals surface area contributed by atoms with Gasteiger partial charge in [-0.25, -0.2) is 9.59 Å². The van der Waals surface area contributed by atoms with Gasteiger partial charge in [-0.05, 0) is 23.3 Å². The molecule has 2 rings (SSSR count). The second-order valence-corrected chi connectivity index (χ2v) is 5.10. The molecule has 2 aromatic carbocycles. The number of carboxylic acid groups (broad SMARTS) is 1. The summed E-state index contributed by atoms with van der Waals surface area (Å²) >= 11 is 0. The fraction of sp³-hybridized carbons (Fsp3) is 0.176. The topological polar surface area (TPSA) is 75.6 Å². The Kier molecular flexibility index (Phi) is 5.63. The summed E-state index contributed by atoms with van der Waals surface area (Å²) < 4.78 is 42.5. The highest BCUT2D eigenvalue weighted by molar-refractivity contribution is 5.81. The number of carboxylic acids is 1. The van der Waals surface area contributed by atoms with Gasteiger partial charge < -0.3 is 15.2 Å². The number of halogens is 3. The number of aliphatic carboxylic acids is 1. The summed E-state index contributed by atoms with van der Waals surface area (Å²) in [5.74, 6) is -1.42. The minimum Gasteiger partial charge on any atom is -0.479 e. The van der Waals surface area contributed by atoms with Crippen molar-refractivity contribution in [2.75, 3.05) is 0 Å². The maximum atomic E-state index is 12.5. The molecule has 1 atom stereocenters. The number of nitrogens with one attached hydrogen (secondary N) is 1. The van der Waals surface area contributed by atoms with Crippen molar-refractivity contribution in [3.05, 3.63) is 71.3 Å². The van der Waals surface area contributed by atoms with E-state index in [0.717, 1.165) is 24.3 Å². The largest absolute Gasteiger partial charge is 0.479 e. The number of carbonyl (C=O) groups excluding carboxylic acids is 1. The third-order valence-corrected chi connectivity index (χ3v) is 3.29. The van der Waals surface area contributed by atoms with Gasteiger partial charge in [0.1, 0.15) is 6.61 Å². The summed E-state index contributed by atoms with van der Waals surface area (Å²) in [5, 5.41) is 11.3. The lowest BCUT2D eigenvalue weighted by Crippen LogP contribution is -2.34. The van der Waals surface area contributed by atoms with Gasteiger partial charge in [0.25, 0.3) is 0 Å². The van der Waals surface area contributed by atoms with Crippen LogP contribution in [0.4, 0.5) is 18.0 Å². The van der Waals surface area contributed by atoms with Crippen molar-refractivity contribution in [1.82, 2.24) is 5.32 Å². The van der Waals surface area contributed by atoms with Crippen molar-refractivity contribution >= 4 is 12.1 Å². The normalized spacial score (nSPS) is 12.3. The minimum atomic E-state index is -4.53. The molecular formula is C17H14F3NO4. The van der Waals surface area contributed by atoms with E-state index >= 15 is 0 Å². The first-order valence-corrected chi connectivity index (χ1v) is 7.14. The van der Waals surface area contributed by atoms with E-state index in [9.17, 15) is 27.9 Å². The summed E-state index contributed by atoms with van der Waals surface area (Å²) in [4.78, 5) is 23.1. The van der Waals surface area contributed by atoms with Crippen molar-refractivity contribution in [3.63, 3.8) is 0 Å². The maximum absolute atomic E-state index is 12.5. The molecule has 0 aliphatic heterocycles. The third-order valence-electron chi connectivity index (χ3n) is 3.29. The summed E-state index contributed by atoms with van der Waals surface area (Å²) in [6, 6.07) is 10.7. The lowest BCUT2D eigenvalue weighted by atomic mass is 10.0. The molecule has 0 spiro atoms. The van der Waals surface area contributed by atoms with E-state index in [1.54, 1.807) is 30.3 Å². The molecule has 0 fully saturated rings. The van der Waals surface area contributed by atoms with Gasteiger partial charge in [0.15, 0.2) is 6.04 Å². The standard InChI is InChI=1S/C17H14F3NO4/c18-17(19,20)13-8-6-12(7-9-13)14(15(22)23)21-16(24)25-10-11-4-2-1-3-5-11/h1-9,14H,10H2,(H,21,24)(H,22,23)/t14-/m0/s1. The van der Waals surface area contributed by atoms with Gasteiger partial charge in [-0.3, -0.25) is 0 Å². The van der Waals surface area contributed by atoms with Crippen molar-refractivity contribution < 1.29 is 32.6 Å². The molecule has 0 saturated carbocycles. The Morgan fingerprint density at radius 2 is 1.64 bits per heavy atom. The molecule has 5 nitrogen and oxygen atoms in total. The van der Waals surface area contributed by atoms with Gasteiger partial charge in [0.2, 0.25) is 0 Å². The van der Waals surface area contributed by atoms with Crippen LogP contribution in [0.1, 0.15) is 22.7 Å². The van der Waals surface area contributed by atoms with Gasteiger partial charge >= 0.3 is 18.2 Å². The van der Waals surface area contributed by atoms with Crippen LogP contribution in [0.25, 0.3) is 0 Å². The number of rotatable bonds is 5. The molecule has 0 saturated heterocycles. The van der Waals surface area contributed by atoms with E-state index in [4.69, 9.17) is 4.74 Å². The minimum absolute atomic E-state index is 0.00263. The van der Waals surface area contributed by atoms with Gasteiger partial charge in [0.05, 0.1) is 5.56 Å². The smallest absolute Gasteiger partial charge is 0.416 e. The molecule has 0 aromatic heterocycles. The van der Waals surface area contributed by atoms with Gasteiger partial charge in [-0.1, -0.05) is 42.5 Å². The van der Waals surface area contributed by atoms with Gasteiger partial charge in [-0.15, -0.1) is 0 Å². The second-order valence-electron chi connectivity index (χ2n) is 5.10. The van der Waals surface area contributed by atoms with Crippen LogP contribution in [0.2, 0.25) is 0 Å². The van der Waals surface area contributed by atoms with Crippen LogP contribution in [-0.4, -0.2) is 17.2 Å². The van der Waals surface area contributed by atoms with E-state index < -0.39 is 29.8 Å². The zero-order valence-corrected chi connectivity index (χ0v) is 12.8. The molecular weight excluding hydrogens is 339 g/mol. The summed E-state index contributed by atoms with van der Waals surface area (Å²) in [7, 11) is 0. The Hall–Kier alpha value is -3.03. The SMILES string of the molecule is O=C(N[C@H](C(=O)O)c1ccc(C(F)(F)F)cc1)OCc1ccccc1. The van der Waals surface area contributed by atoms with Crippen LogP contribution >= 0.6 is 0 Å². The van der Waals surface area contributed by atoms with Gasteiger partial charge in [0, 0.05) is 0 Å². The van der Waals surface area contributed by atoms with Crippen molar-refractivity contribution in [1.29, 1.82) is 0 Å². The van der Waals surface area contributed by atoms with Crippen LogP contribution in [0, 0.1) is 0 Å². The highest BCUT2D eigenvalue weighted by atomic mass is 19.4. The van der Waals surface area contributed by atoms with Crippen LogP contribution in [0.3, 0.4) is 0 Å². The fourth-order valence-electron chi connectivity index (χ4n) is 2.03. The molecule has 2 aromatic rings. The molecule has 25 heavy (non-hydrogen) atoms. The van der Waals surface area contributed by atoms with E-state index in [0.29, 0.717) is 5.56 Å². The number of alkyl halides is 3. The molecule has 1 amide bonds. The average molecular weight is 353 g/mol. The highest BCUT2D eigenvalue weighted by Crippen LogP contribution is 2.30. The van der Waals surface area contributed by atoms with E-state index in [1.165, 1.54) is 0 Å². The van der Waals surface area contributed by atoms with Crippen molar-refractivity contribution in [2.45, 2.75) is 18.8 Å². The monoisotopic (exact) mass is 353 g/mol. The average Bonchev–Trinajstić information content (AvgIpc) is 2.58. The first-order valence-electron chi connectivity index (χ1n) is 7.14. The molecule has 0 radical (unpaired) electrons. The maximum Gasteiger partial charge on any atom is 0.416 e. The third kappa shape index (κ3) is 5.23. The van der Waals surface area contributed by atoms with E-state index in [-0.39, 0.29) is 12.2 Å². The summed E-state index contributed by atoms with van der Waals surface area (Å²) in [6.07, 6.45) is -5.52. The number of amides is 1. The first kappa shape index (κ1) is 18.3. The summed E-state index contributed by atoms with van der Waals surface area (Å²) in [5.41, 5.74) is -0.205. The quantitative estimate of drug-likeness (QED) is 0.858. The zero-order valence-electron chi connectivity index (χ0n) is 12.8. The van der Waals surface area contributed by atoms with Crippen molar-refractivity contribution in [3.8, 4) is 0 Å². The highest BCUT2D eigenvalue weighted by Gasteiger charge is 2.31. The molecule has 2 N–H and O–H groups in total. The Morgan fingerprint density at radius 3 is 2.16 bits per heavy atom. The van der Waals surface area contributed by atoms with Crippen LogP contribution < -0.4 is 5.32 Å². The predicted octanol–water partition coefficient (Wildman–Crippen LogP) is 3.76. The molecule has 0 bridgehead atoms. The number of alkyl carbamates (subject to hydrolysis) is 1. The Balaban J connectivity index is 2.03. The Bertz CT molecular complexity index is 730. The molecule has 8 heteroatoms. The van der Waals surface area contributed by atoms with E-state index in [2.05, 4.69) is 5.32 Å². The Labute approximate surface area is 141 Å². The Morgan fingerprint density at radius 1 is 1.04 bits per heavy atom. The van der Waals surface area contributed by atoms with Crippen LogP contribution in [0.15, 0.2) is 54.6 Å². The number of hydrogen-bond acceptors (Lipinski definition) is 3. The lowest BCUT2D eigenvalue weighted by molar-refractivity contribution is -0.139. The number of benzene rings is 2. The molecule has 0 aliphatic carbocycles. The van der Waals surface area contributed by atoms with E-state index in [1.807, 2.05) is 0 Å². The summed E-state index contributed by atoms with van der Waals surface area (Å²) in [6.45, 7) is -0.0635. The lowest BCUT2D eigenvalue weighted by Gasteiger charge is -2.16.